The summed E-state index contributed by atoms with van der Waals surface area (Å²) >= 11 is 5.76. The van der Waals surface area contributed by atoms with Gasteiger partial charge in [0.2, 0.25) is 0 Å². The molecular weight excluding hydrogens is 210 g/mol. The van der Waals surface area contributed by atoms with E-state index in [0.29, 0.717) is 5.22 Å². The van der Waals surface area contributed by atoms with Gasteiger partial charge in [0, 0.05) is 0 Å². The van der Waals surface area contributed by atoms with Gasteiger partial charge in [-0.05, 0) is 50.5 Å². The van der Waals surface area contributed by atoms with E-state index < -0.39 is 0 Å². The monoisotopic (exact) mass is 227 g/mol. The highest BCUT2D eigenvalue weighted by atomic mass is 35.5. The lowest BCUT2D eigenvalue weighted by molar-refractivity contribution is 0.453. The minimum atomic E-state index is 0.127. The van der Waals surface area contributed by atoms with E-state index in [2.05, 4.69) is 32.2 Å². The number of hydrogen-bond donors (Lipinski definition) is 1. The van der Waals surface area contributed by atoms with E-state index in [0.717, 1.165) is 18.7 Å². The van der Waals surface area contributed by atoms with Crippen LogP contribution in [0.3, 0.4) is 0 Å². The predicted molar refractivity (Wildman–Crippen MR) is 64.2 cm³/mol. The summed E-state index contributed by atoms with van der Waals surface area (Å²) in [5.41, 5.74) is 1.26. The maximum Gasteiger partial charge on any atom is 0.193 e. The topological polar surface area (TPSA) is 25.2 Å². The highest BCUT2D eigenvalue weighted by molar-refractivity contribution is 6.28. The Morgan fingerprint density at radius 3 is 2.73 bits per heavy atom. The number of allylic oxidation sites excluding steroid dienone is 1. The Labute approximate surface area is 96.3 Å². The Morgan fingerprint density at radius 1 is 1.53 bits per heavy atom. The van der Waals surface area contributed by atoms with Crippen LogP contribution in [0.4, 0.5) is 0 Å². The van der Waals surface area contributed by atoms with E-state index in [9.17, 15) is 0 Å². The quantitative estimate of drug-likeness (QED) is 0.771. The zero-order valence-corrected chi connectivity index (χ0v) is 10.3. The number of nitrogens with one attached hydrogen (secondary N) is 1. The van der Waals surface area contributed by atoms with Gasteiger partial charge in [-0.1, -0.05) is 18.6 Å². The van der Waals surface area contributed by atoms with Crippen LogP contribution < -0.4 is 5.32 Å². The van der Waals surface area contributed by atoms with Gasteiger partial charge in [-0.15, -0.1) is 0 Å². The lowest BCUT2D eigenvalue weighted by atomic mass is 10.1. The lowest BCUT2D eigenvalue weighted by Gasteiger charge is -2.12. The predicted octanol–water partition coefficient (Wildman–Crippen LogP) is 3.94. The highest BCUT2D eigenvalue weighted by Crippen LogP contribution is 2.21. The summed E-state index contributed by atoms with van der Waals surface area (Å²) in [6.07, 6.45) is 3.24. The van der Waals surface area contributed by atoms with Crippen molar-refractivity contribution in [1.82, 2.24) is 5.32 Å². The number of rotatable bonds is 5. The summed E-state index contributed by atoms with van der Waals surface area (Å²) < 4.78 is 5.40. The normalized spacial score (nSPS) is 12.5. The first-order valence-electron chi connectivity index (χ1n) is 5.27. The summed E-state index contributed by atoms with van der Waals surface area (Å²) in [7, 11) is 0. The summed E-state index contributed by atoms with van der Waals surface area (Å²) in [4.78, 5) is 0. The van der Waals surface area contributed by atoms with Crippen molar-refractivity contribution in [3.63, 3.8) is 0 Å². The van der Waals surface area contributed by atoms with Gasteiger partial charge in [0.25, 0.3) is 0 Å². The van der Waals surface area contributed by atoms with Gasteiger partial charge in [-0.2, -0.15) is 0 Å². The second-order valence-electron chi connectivity index (χ2n) is 3.82. The van der Waals surface area contributed by atoms with E-state index in [1.807, 2.05) is 6.07 Å². The van der Waals surface area contributed by atoms with E-state index >= 15 is 0 Å². The van der Waals surface area contributed by atoms with Crippen LogP contribution in [0.1, 0.15) is 39.0 Å². The molecule has 0 fully saturated rings. The molecule has 1 heterocycles. The van der Waals surface area contributed by atoms with Crippen molar-refractivity contribution >= 4 is 11.6 Å². The van der Waals surface area contributed by atoms with Gasteiger partial charge >= 0.3 is 0 Å². The second-order valence-corrected chi connectivity index (χ2v) is 4.19. The van der Waals surface area contributed by atoms with Crippen LogP contribution >= 0.6 is 11.6 Å². The Bertz CT molecular complexity index is 326. The summed E-state index contributed by atoms with van der Waals surface area (Å²) in [6, 6.07) is 3.81. The maximum atomic E-state index is 5.76. The van der Waals surface area contributed by atoms with Gasteiger partial charge in [0.05, 0.1) is 6.04 Å². The van der Waals surface area contributed by atoms with Crippen molar-refractivity contribution in [2.24, 2.45) is 0 Å². The van der Waals surface area contributed by atoms with E-state index in [-0.39, 0.29) is 6.04 Å². The molecule has 3 heteroatoms. The third-order valence-corrected chi connectivity index (χ3v) is 2.22. The zero-order valence-electron chi connectivity index (χ0n) is 9.51. The molecule has 1 unspecified atom stereocenters. The van der Waals surface area contributed by atoms with Crippen molar-refractivity contribution in [2.45, 2.75) is 33.2 Å². The largest absolute Gasteiger partial charge is 0.448 e. The van der Waals surface area contributed by atoms with E-state index in [1.54, 1.807) is 6.07 Å². The molecule has 2 nitrogen and oxygen atoms in total. The fourth-order valence-corrected chi connectivity index (χ4v) is 1.52. The summed E-state index contributed by atoms with van der Waals surface area (Å²) in [5.74, 6) is 0.870. The first-order chi connectivity index (χ1) is 7.13. The van der Waals surface area contributed by atoms with Gasteiger partial charge in [0.15, 0.2) is 5.22 Å². The van der Waals surface area contributed by atoms with Crippen molar-refractivity contribution in [1.29, 1.82) is 0 Å². The summed E-state index contributed by atoms with van der Waals surface area (Å²) in [5, 5.41) is 3.84. The molecule has 0 saturated carbocycles. The van der Waals surface area contributed by atoms with E-state index in [4.69, 9.17) is 16.0 Å². The minimum Gasteiger partial charge on any atom is -0.448 e. The molecule has 1 N–H and O–H groups in total. The Morgan fingerprint density at radius 2 is 2.27 bits per heavy atom. The third kappa shape index (κ3) is 4.10. The van der Waals surface area contributed by atoms with Gasteiger partial charge in [0.1, 0.15) is 5.76 Å². The van der Waals surface area contributed by atoms with Crippen molar-refractivity contribution in [3.8, 4) is 0 Å². The molecule has 0 aromatic carbocycles. The Kier molecular flexibility index (Phi) is 4.92. The molecule has 1 aromatic rings. The lowest BCUT2D eigenvalue weighted by Crippen LogP contribution is -2.20. The van der Waals surface area contributed by atoms with Gasteiger partial charge in [-0.3, -0.25) is 0 Å². The van der Waals surface area contributed by atoms with Crippen LogP contribution in [-0.2, 0) is 0 Å². The molecule has 0 amide bonds. The van der Waals surface area contributed by atoms with E-state index in [1.165, 1.54) is 5.57 Å². The number of halogens is 1. The van der Waals surface area contributed by atoms with Crippen LogP contribution in [-0.4, -0.2) is 6.54 Å². The molecule has 1 atom stereocenters. The first-order valence-corrected chi connectivity index (χ1v) is 5.65. The first kappa shape index (κ1) is 12.3. The van der Waals surface area contributed by atoms with Gasteiger partial charge in [-0.25, -0.2) is 0 Å². The van der Waals surface area contributed by atoms with Crippen LogP contribution in [0.5, 0.6) is 0 Å². The molecular formula is C12H18ClNO. The average molecular weight is 228 g/mol. The van der Waals surface area contributed by atoms with Crippen LogP contribution in [0, 0.1) is 0 Å². The fourth-order valence-electron chi connectivity index (χ4n) is 1.37. The number of furan rings is 1. The summed E-state index contributed by atoms with van der Waals surface area (Å²) in [6.45, 7) is 7.25. The van der Waals surface area contributed by atoms with Crippen molar-refractivity contribution in [2.75, 3.05) is 6.54 Å². The molecule has 0 saturated heterocycles. The van der Waals surface area contributed by atoms with Gasteiger partial charge < -0.3 is 9.73 Å². The van der Waals surface area contributed by atoms with Crippen LogP contribution in [0.25, 0.3) is 0 Å². The second kappa shape index (κ2) is 5.99. The zero-order chi connectivity index (χ0) is 11.3. The molecule has 0 radical (unpaired) electrons. The molecule has 1 aromatic heterocycles. The fraction of sp³-hybridized carbons (Fsp3) is 0.500. The Hall–Kier alpha value is -0.730. The van der Waals surface area contributed by atoms with Crippen LogP contribution in [0.2, 0.25) is 5.22 Å². The molecule has 84 valence electrons. The molecule has 0 spiro atoms. The average Bonchev–Trinajstić information content (AvgIpc) is 2.58. The molecule has 0 aliphatic carbocycles. The standard InChI is InChI=1S/C12H18ClNO/c1-4-7-14-10(8-9(2)3)11-5-6-12(13)15-11/h5-6,8,10,14H,4,7H2,1-3H3. The maximum absolute atomic E-state index is 5.76. The molecule has 15 heavy (non-hydrogen) atoms. The SMILES string of the molecule is CCCNC(C=C(C)C)c1ccc(Cl)o1. The molecule has 0 bridgehead atoms. The smallest absolute Gasteiger partial charge is 0.193 e. The minimum absolute atomic E-state index is 0.127. The van der Waals surface area contributed by atoms with Crippen LogP contribution in [0.15, 0.2) is 28.2 Å². The Balaban J connectivity index is 2.76. The van der Waals surface area contributed by atoms with Crippen molar-refractivity contribution in [3.05, 3.63) is 34.8 Å². The van der Waals surface area contributed by atoms with Crippen molar-refractivity contribution < 1.29 is 4.42 Å². The highest BCUT2D eigenvalue weighted by Gasteiger charge is 2.11. The molecule has 1 rings (SSSR count). The molecule has 0 aliphatic rings. The number of hydrogen-bond acceptors (Lipinski definition) is 2. The third-order valence-electron chi connectivity index (χ3n) is 2.01. The molecule has 0 aliphatic heterocycles.